The Bertz CT molecular complexity index is 528. The zero-order valence-electron chi connectivity index (χ0n) is 10.9. The Morgan fingerprint density at radius 2 is 2.20 bits per heavy atom. The molecule has 0 saturated carbocycles. The van der Waals surface area contributed by atoms with Gasteiger partial charge < -0.3 is 15.2 Å². The Hall–Kier alpha value is -1.86. The minimum absolute atomic E-state index is 0.0204. The standard InChI is InChI=1S/C13H15N3O3S/c1-19-10-4-2-9(3-5-10)8-14-16-13-15-12(18)11(20-13)6-7-17/h2-5,8,11,17H,6-7H2,1H3,(H,15,16,18)/b14-8+. The van der Waals surface area contributed by atoms with E-state index < -0.39 is 0 Å². The lowest BCUT2D eigenvalue weighted by molar-refractivity contribution is -0.119. The fourth-order valence-corrected chi connectivity index (χ4v) is 2.51. The molecule has 1 fully saturated rings. The topological polar surface area (TPSA) is 83.3 Å². The number of hydrogen-bond acceptors (Lipinski definition) is 6. The molecule has 2 N–H and O–H groups in total. The van der Waals surface area contributed by atoms with Gasteiger partial charge in [-0.15, -0.1) is 5.10 Å². The average molecular weight is 293 g/mol. The number of thioether (sulfide) groups is 1. The molecule has 1 aliphatic rings. The van der Waals surface area contributed by atoms with Crippen LogP contribution in [0.2, 0.25) is 0 Å². The zero-order chi connectivity index (χ0) is 14.4. The van der Waals surface area contributed by atoms with Crippen LogP contribution in [0.25, 0.3) is 0 Å². The van der Waals surface area contributed by atoms with E-state index >= 15 is 0 Å². The van der Waals surface area contributed by atoms with E-state index in [1.54, 1.807) is 13.3 Å². The van der Waals surface area contributed by atoms with E-state index in [0.717, 1.165) is 11.3 Å². The summed E-state index contributed by atoms with van der Waals surface area (Å²) in [5, 5.41) is 19.5. The van der Waals surface area contributed by atoms with Crippen LogP contribution in [-0.4, -0.2) is 41.4 Å². The summed E-state index contributed by atoms with van der Waals surface area (Å²) in [6.45, 7) is -0.0204. The maximum absolute atomic E-state index is 11.5. The van der Waals surface area contributed by atoms with Gasteiger partial charge in [-0.1, -0.05) is 11.8 Å². The summed E-state index contributed by atoms with van der Waals surface area (Å²) in [5.41, 5.74) is 0.886. The van der Waals surface area contributed by atoms with Crippen LogP contribution in [0.1, 0.15) is 12.0 Å². The molecule has 106 valence electrons. The van der Waals surface area contributed by atoms with Crippen molar-refractivity contribution in [2.45, 2.75) is 11.7 Å². The second-order valence-corrected chi connectivity index (χ2v) is 5.22. The molecular formula is C13H15N3O3S. The Morgan fingerprint density at radius 3 is 2.85 bits per heavy atom. The fraction of sp³-hybridized carbons (Fsp3) is 0.308. The number of nitrogens with zero attached hydrogens (tertiary/aromatic N) is 2. The Balaban J connectivity index is 1.95. The second kappa shape index (κ2) is 7.06. The summed E-state index contributed by atoms with van der Waals surface area (Å²) in [4.78, 5) is 11.5. The Morgan fingerprint density at radius 1 is 1.45 bits per heavy atom. The summed E-state index contributed by atoms with van der Waals surface area (Å²) in [5.74, 6) is 0.640. The molecule has 1 heterocycles. The van der Waals surface area contributed by atoms with E-state index in [1.165, 1.54) is 11.8 Å². The van der Waals surface area contributed by atoms with Crippen LogP contribution in [0, 0.1) is 0 Å². The van der Waals surface area contributed by atoms with E-state index in [-0.39, 0.29) is 17.8 Å². The Kier molecular flexibility index (Phi) is 5.14. The van der Waals surface area contributed by atoms with Gasteiger partial charge in [0.2, 0.25) is 5.91 Å². The van der Waals surface area contributed by atoms with Gasteiger partial charge in [0.1, 0.15) is 5.75 Å². The third kappa shape index (κ3) is 3.82. The van der Waals surface area contributed by atoms with Crippen molar-refractivity contribution in [3.05, 3.63) is 29.8 Å². The molecule has 1 saturated heterocycles. The van der Waals surface area contributed by atoms with Gasteiger partial charge in [0.15, 0.2) is 5.17 Å². The van der Waals surface area contributed by atoms with E-state index in [1.807, 2.05) is 24.3 Å². The molecule has 6 nitrogen and oxygen atoms in total. The van der Waals surface area contributed by atoms with E-state index in [0.29, 0.717) is 11.6 Å². The molecule has 0 radical (unpaired) electrons. The quantitative estimate of drug-likeness (QED) is 0.626. The highest BCUT2D eigenvalue weighted by Gasteiger charge is 2.29. The highest BCUT2D eigenvalue weighted by Crippen LogP contribution is 2.21. The maximum Gasteiger partial charge on any atom is 0.239 e. The third-order valence-corrected chi connectivity index (χ3v) is 3.78. The molecule has 0 bridgehead atoms. The molecule has 1 amide bonds. The number of hydrogen-bond donors (Lipinski definition) is 2. The number of methoxy groups -OCH3 is 1. The number of amides is 1. The van der Waals surface area contributed by atoms with Crippen molar-refractivity contribution in [1.29, 1.82) is 0 Å². The lowest BCUT2D eigenvalue weighted by atomic mass is 10.2. The summed E-state index contributed by atoms with van der Waals surface area (Å²) in [7, 11) is 1.61. The summed E-state index contributed by atoms with van der Waals surface area (Å²) < 4.78 is 5.06. The molecule has 0 spiro atoms. The van der Waals surface area contributed by atoms with Crippen LogP contribution in [0.4, 0.5) is 0 Å². The van der Waals surface area contributed by atoms with Crippen molar-refractivity contribution < 1.29 is 14.6 Å². The number of benzene rings is 1. The first-order valence-electron chi connectivity index (χ1n) is 6.06. The summed E-state index contributed by atoms with van der Waals surface area (Å²) in [6.07, 6.45) is 2.01. The number of aliphatic hydroxyl groups excluding tert-OH is 1. The molecule has 0 aliphatic carbocycles. The van der Waals surface area contributed by atoms with Crippen LogP contribution < -0.4 is 10.1 Å². The summed E-state index contributed by atoms with van der Waals surface area (Å²) in [6, 6.07) is 7.38. The minimum Gasteiger partial charge on any atom is -0.497 e. The van der Waals surface area contributed by atoms with Gasteiger partial charge in [0, 0.05) is 6.61 Å². The molecule has 1 unspecified atom stereocenters. The van der Waals surface area contributed by atoms with E-state index in [9.17, 15) is 4.79 Å². The predicted octanol–water partition coefficient (Wildman–Crippen LogP) is 0.999. The van der Waals surface area contributed by atoms with Gasteiger partial charge in [-0.25, -0.2) is 0 Å². The van der Waals surface area contributed by atoms with Crippen LogP contribution in [0.3, 0.4) is 0 Å². The number of nitrogens with one attached hydrogen (secondary N) is 1. The average Bonchev–Trinajstić information content (AvgIpc) is 2.80. The first kappa shape index (κ1) is 14.5. The van der Waals surface area contributed by atoms with Crippen LogP contribution in [0.15, 0.2) is 34.5 Å². The highest BCUT2D eigenvalue weighted by atomic mass is 32.2. The molecule has 1 aliphatic heterocycles. The van der Waals surface area contributed by atoms with Crippen molar-refractivity contribution in [2.24, 2.45) is 10.2 Å². The largest absolute Gasteiger partial charge is 0.497 e. The lowest BCUT2D eigenvalue weighted by Crippen LogP contribution is -2.25. The van der Waals surface area contributed by atoms with E-state index in [2.05, 4.69) is 15.5 Å². The predicted molar refractivity (Wildman–Crippen MR) is 79.2 cm³/mol. The molecule has 1 atom stereocenters. The summed E-state index contributed by atoms with van der Waals surface area (Å²) >= 11 is 1.28. The van der Waals surface area contributed by atoms with Crippen molar-refractivity contribution in [3.63, 3.8) is 0 Å². The SMILES string of the molecule is COc1ccc(/C=N/N=C2\NC(=O)C(CCO)S2)cc1. The first-order chi connectivity index (χ1) is 9.72. The van der Waals surface area contributed by atoms with Crippen LogP contribution in [0.5, 0.6) is 5.75 Å². The van der Waals surface area contributed by atoms with Gasteiger partial charge in [-0.05, 0) is 36.2 Å². The number of carbonyl (C=O) groups is 1. The number of rotatable bonds is 5. The fourth-order valence-electron chi connectivity index (χ4n) is 1.60. The number of ether oxygens (including phenoxy) is 1. The number of carbonyl (C=O) groups excluding carboxylic acids is 1. The molecule has 2 rings (SSSR count). The lowest BCUT2D eigenvalue weighted by Gasteiger charge is -1.99. The molecule has 20 heavy (non-hydrogen) atoms. The molecule has 1 aromatic carbocycles. The van der Waals surface area contributed by atoms with E-state index in [4.69, 9.17) is 9.84 Å². The molecule has 7 heteroatoms. The maximum atomic E-state index is 11.5. The molecule has 0 aromatic heterocycles. The van der Waals surface area contributed by atoms with Gasteiger partial charge >= 0.3 is 0 Å². The van der Waals surface area contributed by atoms with Crippen LogP contribution in [-0.2, 0) is 4.79 Å². The second-order valence-electron chi connectivity index (χ2n) is 4.03. The Labute approximate surface area is 120 Å². The van der Waals surface area contributed by atoms with Gasteiger partial charge in [0.05, 0.1) is 18.6 Å². The van der Waals surface area contributed by atoms with Crippen molar-refractivity contribution in [3.8, 4) is 5.75 Å². The molecule has 1 aromatic rings. The van der Waals surface area contributed by atoms with Gasteiger partial charge in [-0.2, -0.15) is 5.10 Å². The normalized spacial score (nSPS) is 20.6. The number of aliphatic hydroxyl groups is 1. The van der Waals surface area contributed by atoms with Gasteiger partial charge in [0.25, 0.3) is 0 Å². The van der Waals surface area contributed by atoms with Crippen LogP contribution >= 0.6 is 11.8 Å². The van der Waals surface area contributed by atoms with Crippen molar-refractivity contribution in [2.75, 3.05) is 13.7 Å². The smallest absolute Gasteiger partial charge is 0.239 e. The molecular weight excluding hydrogens is 278 g/mol. The van der Waals surface area contributed by atoms with Crippen molar-refractivity contribution >= 4 is 29.1 Å². The van der Waals surface area contributed by atoms with Crippen molar-refractivity contribution in [1.82, 2.24) is 5.32 Å². The minimum atomic E-state index is -0.282. The monoisotopic (exact) mass is 293 g/mol. The number of amidine groups is 1. The van der Waals surface area contributed by atoms with Gasteiger partial charge in [-0.3, -0.25) is 4.79 Å². The zero-order valence-corrected chi connectivity index (χ0v) is 11.8. The highest BCUT2D eigenvalue weighted by molar-refractivity contribution is 8.15. The first-order valence-corrected chi connectivity index (χ1v) is 6.94. The third-order valence-electron chi connectivity index (χ3n) is 2.64.